The highest BCUT2D eigenvalue weighted by Gasteiger charge is 2.18. The van der Waals surface area contributed by atoms with Crippen molar-refractivity contribution in [2.45, 2.75) is 39.7 Å². The van der Waals surface area contributed by atoms with E-state index in [1.54, 1.807) is 0 Å². The summed E-state index contributed by atoms with van der Waals surface area (Å²) >= 11 is 1.81. The summed E-state index contributed by atoms with van der Waals surface area (Å²) in [7, 11) is 0. The van der Waals surface area contributed by atoms with Crippen LogP contribution in [0.4, 0.5) is 0 Å². The van der Waals surface area contributed by atoms with Crippen LogP contribution < -0.4 is 5.32 Å². The summed E-state index contributed by atoms with van der Waals surface area (Å²) in [6, 6.07) is -0.130. The molecular weight excluding hydrogens is 222 g/mol. The van der Waals surface area contributed by atoms with E-state index in [4.69, 9.17) is 4.74 Å². The van der Waals surface area contributed by atoms with Crippen LogP contribution in [0.25, 0.3) is 0 Å². The molecule has 0 bridgehead atoms. The Morgan fingerprint density at radius 2 is 2.12 bits per heavy atom. The van der Waals surface area contributed by atoms with Crippen molar-refractivity contribution in [1.29, 1.82) is 0 Å². The first kappa shape index (κ1) is 15.8. The molecule has 0 radical (unpaired) electrons. The van der Waals surface area contributed by atoms with Gasteiger partial charge in [-0.1, -0.05) is 13.8 Å². The molecule has 0 aromatic rings. The third-order valence-corrected chi connectivity index (χ3v) is 2.88. The third-order valence-electron chi connectivity index (χ3n) is 2.18. The number of nitrogens with one attached hydrogen (secondary N) is 1. The van der Waals surface area contributed by atoms with Crippen LogP contribution in [-0.2, 0) is 9.53 Å². The standard InChI is InChI=1S/C12H25NO2S/c1-5-15-12(14)11(7-6-8-16-4)13-9-10(2)3/h10-11,13H,5-9H2,1-4H3. The maximum Gasteiger partial charge on any atom is 0.323 e. The van der Waals surface area contributed by atoms with Crippen LogP contribution >= 0.6 is 11.8 Å². The van der Waals surface area contributed by atoms with Crippen molar-refractivity contribution in [3.63, 3.8) is 0 Å². The number of carbonyl (C=O) groups excluding carboxylic acids is 1. The van der Waals surface area contributed by atoms with Crippen molar-refractivity contribution < 1.29 is 9.53 Å². The molecule has 0 spiro atoms. The van der Waals surface area contributed by atoms with Gasteiger partial charge in [-0.3, -0.25) is 4.79 Å². The van der Waals surface area contributed by atoms with Gasteiger partial charge in [-0.15, -0.1) is 0 Å². The average Bonchev–Trinajstić information content (AvgIpc) is 2.23. The highest BCUT2D eigenvalue weighted by atomic mass is 32.2. The topological polar surface area (TPSA) is 38.3 Å². The highest BCUT2D eigenvalue weighted by Crippen LogP contribution is 2.05. The SMILES string of the molecule is CCOC(=O)C(CCCSC)NCC(C)C. The van der Waals surface area contributed by atoms with Gasteiger partial charge in [0.2, 0.25) is 0 Å². The van der Waals surface area contributed by atoms with Crippen LogP contribution in [0, 0.1) is 5.92 Å². The van der Waals surface area contributed by atoms with Crippen molar-refractivity contribution in [3.8, 4) is 0 Å². The largest absolute Gasteiger partial charge is 0.465 e. The van der Waals surface area contributed by atoms with Crippen molar-refractivity contribution in [2.75, 3.05) is 25.2 Å². The van der Waals surface area contributed by atoms with E-state index in [0.29, 0.717) is 12.5 Å². The quantitative estimate of drug-likeness (QED) is 0.501. The van der Waals surface area contributed by atoms with Crippen LogP contribution in [0.5, 0.6) is 0 Å². The van der Waals surface area contributed by atoms with Gasteiger partial charge in [0, 0.05) is 0 Å². The number of carbonyl (C=O) groups is 1. The molecule has 0 aromatic carbocycles. The molecule has 1 atom stereocenters. The second-order valence-electron chi connectivity index (χ2n) is 4.24. The first-order valence-corrected chi connectivity index (χ1v) is 7.40. The Kier molecular flexibility index (Phi) is 9.83. The summed E-state index contributed by atoms with van der Waals surface area (Å²) in [6.07, 6.45) is 4.00. The summed E-state index contributed by atoms with van der Waals surface area (Å²) in [4.78, 5) is 11.7. The molecule has 0 aliphatic heterocycles. The average molecular weight is 247 g/mol. The van der Waals surface area contributed by atoms with Gasteiger partial charge in [-0.2, -0.15) is 11.8 Å². The summed E-state index contributed by atoms with van der Waals surface area (Å²) in [5.74, 6) is 1.54. The van der Waals surface area contributed by atoms with Gasteiger partial charge in [0.05, 0.1) is 6.61 Å². The molecule has 0 rings (SSSR count). The molecule has 0 aliphatic carbocycles. The summed E-state index contributed by atoms with van der Waals surface area (Å²) in [5.41, 5.74) is 0. The molecule has 1 unspecified atom stereocenters. The predicted octanol–water partition coefficient (Wildman–Crippen LogP) is 2.31. The molecular formula is C12H25NO2S. The lowest BCUT2D eigenvalue weighted by molar-refractivity contribution is -0.145. The van der Waals surface area contributed by atoms with Gasteiger partial charge in [0.1, 0.15) is 6.04 Å². The lowest BCUT2D eigenvalue weighted by Crippen LogP contribution is -2.40. The lowest BCUT2D eigenvalue weighted by Gasteiger charge is -2.18. The van der Waals surface area contributed by atoms with Crippen molar-refractivity contribution in [2.24, 2.45) is 5.92 Å². The summed E-state index contributed by atoms with van der Waals surface area (Å²) in [5, 5.41) is 3.28. The van der Waals surface area contributed by atoms with Crippen LogP contribution in [0.3, 0.4) is 0 Å². The summed E-state index contributed by atoms with van der Waals surface area (Å²) in [6.45, 7) is 7.44. The molecule has 0 aliphatic rings. The Morgan fingerprint density at radius 1 is 1.44 bits per heavy atom. The first-order chi connectivity index (χ1) is 7.61. The smallest absolute Gasteiger partial charge is 0.323 e. The van der Waals surface area contributed by atoms with E-state index in [1.807, 2.05) is 18.7 Å². The van der Waals surface area contributed by atoms with Gasteiger partial charge < -0.3 is 10.1 Å². The molecule has 0 saturated heterocycles. The molecule has 0 amide bonds. The van der Waals surface area contributed by atoms with Crippen LogP contribution in [0.1, 0.15) is 33.6 Å². The van der Waals surface area contributed by atoms with E-state index < -0.39 is 0 Å². The zero-order valence-corrected chi connectivity index (χ0v) is 11.7. The van der Waals surface area contributed by atoms with Gasteiger partial charge in [-0.05, 0) is 44.2 Å². The lowest BCUT2D eigenvalue weighted by atomic mass is 10.1. The van der Waals surface area contributed by atoms with Crippen LogP contribution in [0.15, 0.2) is 0 Å². The van der Waals surface area contributed by atoms with Crippen molar-refractivity contribution in [3.05, 3.63) is 0 Å². The molecule has 3 nitrogen and oxygen atoms in total. The monoisotopic (exact) mass is 247 g/mol. The Labute approximate surface area is 104 Å². The Bertz CT molecular complexity index is 186. The fraction of sp³-hybridized carbons (Fsp3) is 0.917. The minimum absolute atomic E-state index is 0.107. The van der Waals surface area contributed by atoms with Crippen molar-refractivity contribution >= 4 is 17.7 Å². The number of ether oxygens (including phenoxy) is 1. The molecule has 1 N–H and O–H groups in total. The minimum Gasteiger partial charge on any atom is -0.465 e. The second kappa shape index (κ2) is 9.97. The van der Waals surface area contributed by atoms with E-state index >= 15 is 0 Å². The number of hydrogen-bond acceptors (Lipinski definition) is 4. The molecule has 0 heterocycles. The molecule has 4 heteroatoms. The van der Waals surface area contributed by atoms with Gasteiger partial charge in [-0.25, -0.2) is 0 Å². The van der Waals surface area contributed by atoms with Gasteiger partial charge in [0.15, 0.2) is 0 Å². The third kappa shape index (κ3) is 7.99. The molecule has 0 aromatic heterocycles. The minimum atomic E-state index is -0.130. The maximum atomic E-state index is 11.7. The maximum absolute atomic E-state index is 11.7. The van der Waals surface area contributed by atoms with E-state index in [0.717, 1.165) is 25.1 Å². The number of rotatable bonds is 9. The zero-order chi connectivity index (χ0) is 12.4. The second-order valence-corrected chi connectivity index (χ2v) is 5.23. The van der Waals surface area contributed by atoms with E-state index in [2.05, 4.69) is 25.4 Å². The molecule has 0 fully saturated rings. The fourth-order valence-electron chi connectivity index (χ4n) is 1.36. The van der Waals surface area contributed by atoms with Crippen LogP contribution in [-0.4, -0.2) is 37.2 Å². The van der Waals surface area contributed by atoms with E-state index in [9.17, 15) is 4.79 Å². The Balaban J connectivity index is 3.99. The normalized spacial score (nSPS) is 12.8. The van der Waals surface area contributed by atoms with E-state index in [-0.39, 0.29) is 12.0 Å². The fourth-order valence-corrected chi connectivity index (χ4v) is 1.81. The molecule has 16 heavy (non-hydrogen) atoms. The molecule has 0 saturated carbocycles. The van der Waals surface area contributed by atoms with Crippen molar-refractivity contribution in [1.82, 2.24) is 5.32 Å². The Hall–Kier alpha value is -0.220. The number of esters is 1. The first-order valence-electron chi connectivity index (χ1n) is 6.00. The van der Waals surface area contributed by atoms with Gasteiger partial charge in [0.25, 0.3) is 0 Å². The predicted molar refractivity (Wildman–Crippen MR) is 70.9 cm³/mol. The number of hydrogen-bond donors (Lipinski definition) is 1. The Morgan fingerprint density at radius 3 is 2.62 bits per heavy atom. The zero-order valence-electron chi connectivity index (χ0n) is 10.9. The molecule has 96 valence electrons. The van der Waals surface area contributed by atoms with E-state index in [1.165, 1.54) is 0 Å². The van der Waals surface area contributed by atoms with Gasteiger partial charge >= 0.3 is 5.97 Å². The summed E-state index contributed by atoms with van der Waals surface area (Å²) < 4.78 is 5.06. The number of thioether (sulfide) groups is 1. The highest BCUT2D eigenvalue weighted by molar-refractivity contribution is 7.98. The van der Waals surface area contributed by atoms with Crippen LogP contribution in [0.2, 0.25) is 0 Å².